The van der Waals surface area contributed by atoms with Gasteiger partial charge in [0.2, 0.25) is 0 Å². The van der Waals surface area contributed by atoms with Crippen LogP contribution in [0.5, 0.6) is 0 Å². The second-order valence-corrected chi connectivity index (χ2v) is 8.81. The molecule has 0 saturated carbocycles. The number of fused-ring (bicyclic) bond motifs is 5. The van der Waals surface area contributed by atoms with Gasteiger partial charge in [0.15, 0.2) is 4.96 Å². The predicted octanol–water partition coefficient (Wildman–Crippen LogP) is 5.38. The van der Waals surface area contributed by atoms with Crippen LogP contribution in [0.3, 0.4) is 0 Å². The number of imidazole rings is 1. The molecule has 30 heavy (non-hydrogen) atoms. The lowest BCUT2D eigenvalue weighted by atomic mass is 9.97. The maximum absolute atomic E-state index is 13.4. The second kappa shape index (κ2) is 6.25. The van der Waals surface area contributed by atoms with Gasteiger partial charge in [-0.15, -0.1) is 0 Å². The van der Waals surface area contributed by atoms with Crippen LogP contribution in [0, 0.1) is 13.8 Å². The Labute approximate surface area is 176 Å². The molecule has 2 heterocycles. The molecule has 6 aromatic rings. The van der Waals surface area contributed by atoms with Crippen molar-refractivity contribution in [1.29, 1.82) is 0 Å². The molecule has 0 aliphatic heterocycles. The van der Waals surface area contributed by atoms with E-state index in [1.54, 1.807) is 4.40 Å². The SMILES string of the molecule is Cc1cc2nc3s/c(=C\c4c5ccccc5cc5ccccc45)c(=O)n3c2cc1C. The number of rotatable bonds is 1. The number of aryl methyl sites for hydroxylation is 2. The third-order valence-corrected chi connectivity index (χ3v) is 6.91. The minimum absolute atomic E-state index is 0.00207. The first kappa shape index (κ1) is 17.4. The van der Waals surface area contributed by atoms with Gasteiger partial charge in [0, 0.05) is 0 Å². The van der Waals surface area contributed by atoms with E-state index in [9.17, 15) is 4.79 Å². The maximum Gasteiger partial charge on any atom is 0.274 e. The highest BCUT2D eigenvalue weighted by Gasteiger charge is 2.13. The smallest absolute Gasteiger partial charge is 0.267 e. The minimum atomic E-state index is -0.00207. The maximum atomic E-state index is 13.4. The highest BCUT2D eigenvalue weighted by molar-refractivity contribution is 7.15. The number of thiazole rings is 1. The largest absolute Gasteiger partial charge is 0.274 e. The molecule has 0 spiro atoms. The second-order valence-electron chi connectivity index (χ2n) is 7.80. The van der Waals surface area contributed by atoms with Crippen LogP contribution in [-0.2, 0) is 0 Å². The van der Waals surface area contributed by atoms with E-state index < -0.39 is 0 Å². The van der Waals surface area contributed by atoms with Gasteiger partial charge in [0.25, 0.3) is 5.56 Å². The quantitative estimate of drug-likeness (QED) is 0.344. The Hall–Kier alpha value is -3.50. The van der Waals surface area contributed by atoms with Gasteiger partial charge in [-0.3, -0.25) is 4.79 Å². The normalized spacial score (nSPS) is 12.7. The van der Waals surface area contributed by atoms with Crippen molar-refractivity contribution >= 4 is 55.0 Å². The molecule has 0 radical (unpaired) electrons. The molecule has 0 bridgehead atoms. The van der Waals surface area contributed by atoms with E-state index in [-0.39, 0.29) is 5.56 Å². The zero-order valence-corrected chi connectivity index (χ0v) is 17.5. The molecule has 0 N–H and O–H groups in total. The molecule has 0 fully saturated rings. The van der Waals surface area contributed by atoms with Crippen LogP contribution in [0.1, 0.15) is 16.7 Å². The van der Waals surface area contributed by atoms with E-state index >= 15 is 0 Å². The first-order valence-electron chi connectivity index (χ1n) is 9.94. The summed E-state index contributed by atoms with van der Waals surface area (Å²) in [6.45, 7) is 4.14. The first-order valence-corrected chi connectivity index (χ1v) is 10.8. The molecule has 144 valence electrons. The van der Waals surface area contributed by atoms with Gasteiger partial charge in [0.1, 0.15) is 0 Å². The summed E-state index contributed by atoms with van der Waals surface area (Å²) in [5.41, 5.74) is 5.20. The van der Waals surface area contributed by atoms with Gasteiger partial charge in [-0.25, -0.2) is 9.38 Å². The number of aromatic nitrogens is 2. The zero-order chi connectivity index (χ0) is 20.4. The molecular weight excluding hydrogens is 388 g/mol. The molecule has 0 atom stereocenters. The summed E-state index contributed by atoms with van der Waals surface area (Å²) in [7, 11) is 0. The van der Waals surface area contributed by atoms with Crippen LogP contribution in [0.4, 0.5) is 0 Å². The zero-order valence-electron chi connectivity index (χ0n) is 16.6. The van der Waals surface area contributed by atoms with Crippen LogP contribution in [-0.4, -0.2) is 9.38 Å². The summed E-state index contributed by atoms with van der Waals surface area (Å²) in [6.07, 6.45) is 2.04. The molecule has 4 heteroatoms. The van der Waals surface area contributed by atoms with Crippen LogP contribution >= 0.6 is 11.3 Å². The number of nitrogens with zero attached hydrogens (tertiary/aromatic N) is 2. The van der Waals surface area contributed by atoms with E-state index in [0.29, 0.717) is 4.53 Å². The summed E-state index contributed by atoms with van der Waals surface area (Å²) >= 11 is 1.46. The van der Waals surface area contributed by atoms with Gasteiger partial charge >= 0.3 is 0 Å². The topological polar surface area (TPSA) is 34.4 Å². The monoisotopic (exact) mass is 406 g/mol. The van der Waals surface area contributed by atoms with Crippen molar-refractivity contribution in [2.45, 2.75) is 13.8 Å². The Morgan fingerprint density at radius 3 is 2.20 bits per heavy atom. The minimum Gasteiger partial charge on any atom is -0.267 e. The van der Waals surface area contributed by atoms with E-state index in [1.165, 1.54) is 33.2 Å². The summed E-state index contributed by atoms with van der Waals surface area (Å²) in [5, 5.41) is 4.65. The van der Waals surface area contributed by atoms with E-state index in [2.05, 4.69) is 68.4 Å². The van der Waals surface area contributed by atoms with Crippen molar-refractivity contribution in [3.05, 3.63) is 98.3 Å². The van der Waals surface area contributed by atoms with Gasteiger partial charge in [-0.05, 0) is 76.4 Å². The van der Waals surface area contributed by atoms with Crippen LogP contribution in [0.2, 0.25) is 0 Å². The molecule has 0 aliphatic rings. The van der Waals surface area contributed by atoms with Crippen molar-refractivity contribution in [3.63, 3.8) is 0 Å². The van der Waals surface area contributed by atoms with Gasteiger partial charge in [-0.1, -0.05) is 59.9 Å². The van der Waals surface area contributed by atoms with E-state index in [0.717, 1.165) is 32.3 Å². The van der Waals surface area contributed by atoms with Crippen LogP contribution < -0.4 is 10.1 Å². The van der Waals surface area contributed by atoms with Crippen molar-refractivity contribution in [2.75, 3.05) is 0 Å². The molecule has 0 aliphatic carbocycles. The Bertz CT molecular complexity index is 1690. The fraction of sp³-hybridized carbons (Fsp3) is 0.0769. The van der Waals surface area contributed by atoms with Crippen LogP contribution in [0.15, 0.2) is 71.5 Å². The Morgan fingerprint density at radius 1 is 0.867 bits per heavy atom. The number of benzene rings is 4. The van der Waals surface area contributed by atoms with Crippen molar-refractivity contribution in [2.24, 2.45) is 0 Å². The summed E-state index contributed by atoms with van der Waals surface area (Å²) in [4.78, 5) is 18.9. The molecule has 4 aromatic carbocycles. The molecule has 6 rings (SSSR count). The summed E-state index contributed by atoms with van der Waals surface area (Å²) in [5.74, 6) is 0. The molecule has 0 amide bonds. The average Bonchev–Trinajstić information content (AvgIpc) is 3.24. The number of hydrogen-bond donors (Lipinski definition) is 0. The van der Waals surface area contributed by atoms with Gasteiger partial charge in [-0.2, -0.15) is 0 Å². The lowest BCUT2D eigenvalue weighted by molar-refractivity contribution is 1.18. The lowest BCUT2D eigenvalue weighted by Gasteiger charge is -2.07. The van der Waals surface area contributed by atoms with Crippen LogP contribution in [0.25, 0.3) is 43.6 Å². The molecule has 3 nitrogen and oxygen atoms in total. The molecule has 2 aromatic heterocycles. The summed E-state index contributed by atoms with van der Waals surface area (Å²) < 4.78 is 2.46. The van der Waals surface area contributed by atoms with Crippen molar-refractivity contribution < 1.29 is 0 Å². The van der Waals surface area contributed by atoms with Gasteiger partial charge < -0.3 is 0 Å². The molecule has 0 saturated heterocycles. The van der Waals surface area contributed by atoms with Crippen molar-refractivity contribution in [3.8, 4) is 0 Å². The fourth-order valence-corrected chi connectivity index (χ4v) is 5.22. The van der Waals surface area contributed by atoms with Crippen molar-refractivity contribution in [1.82, 2.24) is 9.38 Å². The number of hydrogen-bond acceptors (Lipinski definition) is 3. The average molecular weight is 407 g/mol. The fourth-order valence-electron chi connectivity index (χ4n) is 4.25. The standard InChI is InChI=1S/C26H18N2OS/c1-15-11-22-23(12-16(15)2)28-25(29)24(30-26(28)27-22)14-21-19-9-5-3-7-17(19)13-18-8-4-6-10-20(18)21/h3-14H,1-2H3/b24-14-. The van der Waals surface area contributed by atoms with E-state index in [1.807, 2.05) is 18.2 Å². The third-order valence-electron chi connectivity index (χ3n) is 5.94. The highest BCUT2D eigenvalue weighted by atomic mass is 32.1. The predicted molar refractivity (Wildman–Crippen MR) is 127 cm³/mol. The molecular formula is C26H18N2OS. The Balaban J connectivity index is 1.73. The summed E-state index contributed by atoms with van der Waals surface area (Å²) in [6, 6.07) is 23.0. The Kier molecular flexibility index (Phi) is 3.62. The highest BCUT2D eigenvalue weighted by Crippen LogP contribution is 2.29. The first-order chi connectivity index (χ1) is 14.6. The lowest BCUT2D eigenvalue weighted by Crippen LogP contribution is -2.22. The Morgan fingerprint density at radius 2 is 1.50 bits per heavy atom. The van der Waals surface area contributed by atoms with E-state index in [4.69, 9.17) is 4.98 Å². The van der Waals surface area contributed by atoms with Gasteiger partial charge in [0.05, 0.1) is 15.6 Å². The third kappa shape index (κ3) is 2.44. The molecule has 0 unspecified atom stereocenters.